The Hall–Kier alpha value is -1.09. The van der Waals surface area contributed by atoms with Gasteiger partial charge in [-0.2, -0.15) is 0 Å². The first-order valence-corrected chi connectivity index (χ1v) is 4.73. The van der Waals surface area contributed by atoms with Crippen molar-refractivity contribution in [3.63, 3.8) is 0 Å². The van der Waals surface area contributed by atoms with Crippen LogP contribution in [0.3, 0.4) is 0 Å². The van der Waals surface area contributed by atoms with Crippen molar-refractivity contribution in [2.24, 2.45) is 5.73 Å². The lowest BCUT2D eigenvalue weighted by molar-refractivity contribution is 0.0405. The maximum Gasteiger partial charge on any atom is 0.139 e. The second-order valence-corrected chi connectivity index (χ2v) is 3.86. The van der Waals surface area contributed by atoms with Gasteiger partial charge in [-0.05, 0) is 17.7 Å². The molecule has 2 N–H and O–H groups in total. The van der Waals surface area contributed by atoms with E-state index in [4.69, 9.17) is 10.5 Å². The van der Waals surface area contributed by atoms with Gasteiger partial charge in [0.2, 0.25) is 0 Å². The fraction of sp³-hybridized carbons (Fsp3) is 0.455. The van der Waals surface area contributed by atoms with Crippen LogP contribution in [0.25, 0.3) is 0 Å². The largest absolute Gasteiger partial charge is 0.497 e. The molecule has 2 nitrogen and oxygen atoms in total. The fourth-order valence-corrected chi connectivity index (χ4v) is 1.90. The summed E-state index contributed by atoms with van der Waals surface area (Å²) < 4.78 is 19.0. The van der Waals surface area contributed by atoms with E-state index in [-0.39, 0.29) is 6.04 Å². The fourth-order valence-electron chi connectivity index (χ4n) is 1.90. The van der Waals surface area contributed by atoms with Crippen molar-refractivity contribution in [2.75, 3.05) is 7.11 Å². The molecule has 14 heavy (non-hydrogen) atoms. The maximum atomic E-state index is 14.0. The second kappa shape index (κ2) is 3.24. The first-order valence-electron chi connectivity index (χ1n) is 4.73. The zero-order chi connectivity index (χ0) is 10.2. The number of hydrogen-bond donors (Lipinski definition) is 1. The minimum absolute atomic E-state index is 0.0158. The van der Waals surface area contributed by atoms with Crippen LogP contribution in [0.2, 0.25) is 0 Å². The minimum Gasteiger partial charge on any atom is -0.497 e. The molecule has 0 aromatic heterocycles. The molecule has 0 amide bonds. The molecule has 0 bridgehead atoms. The summed E-state index contributed by atoms with van der Waals surface area (Å²) in [5, 5.41) is 0. The number of nitrogens with two attached hydrogens (primary N) is 1. The second-order valence-electron chi connectivity index (χ2n) is 3.86. The van der Waals surface area contributed by atoms with Gasteiger partial charge in [-0.3, -0.25) is 0 Å². The molecule has 0 saturated heterocycles. The number of alkyl halides is 1. The normalized spacial score (nSPS) is 30.9. The molecule has 3 heteroatoms. The topological polar surface area (TPSA) is 35.2 Å². The molecule has 0 spiro atoms. The third-order valence-electron chi connectivity index (χ3n) is 2.78. The zero-order valence-electron chi connectivity index (χ0n) is 8.16. The van der Waals surface area contributed by atoms with Gasteiger partial charge in [0.25, 0.3) is 0 Å². The van der Waals surface area contributed by atoms with Crippen molar-refractivity contribution in [1.82, 2.24) is 0 Å². The molecule has 1 aliphatic rings. The lowest BCUT2D eigenvalue weighted by Crippen LogP contribution is -2.46. The summed E-state index contributed by atoms with van der Waals surface area (Å²) in [6.07, 6.45) is 0.860. The summed E-state index contributed by atoms with van der Waals surface area (Å²) in [4.78, 5) is 0. The van der Waals surface area contributed by atoms with Gasteiger partial charge in [-0.1, -0.05) is 12.1 Å². The molecular weight excluding hydrogens is 181 g/mol. The van der Waals surface area contributed by atoms with Crippen LogP contribution in [0.1, 0.15) is 18.4 Å². The van der Waals surface area contributed by atoms with Gasteiger partial charge >= 0.3 is 0 Å². The Morgan fingerprint density at radius 2 is 1.93 bits per heavy atom. The third kappa shape index (κ3) is 1.48. The standard InChI is InChI=1S/C11H14FNO/c1-14-10-4-2-8(3-5-10)11(12)6-9(13)7-11/h2-5,9H,6-7,13H2,1H3. The Bertz CT molecular complexity index is 317. The van der Waals surface area contributed by atoms with E-state index in [2.05, 4.69) is 0 Å². The maximum absolute atomic E-state index is 14.0. The molecular formula is C11H14FNO. The van der Waals surface area contributed by atoms with Crippen LogP contribution in [0.4, 0.5) is 4.39 Å². The first-order chi connectivity index (χ1) is 6.64. The summed E-state index contributed by atoms with van der Waals surface area (Å²) in [5.74, 6) is 0.751. The van der Waals surface area contributed by atoms with E-state index >= 15 is 0 Å². The third-order valence-corrected chi connectivity index (χ3v) is 2.78. The van der Waals surface area contributed by atoms with Crippen molar-refractivity contribution in [2.45, 2.75) is 24.6 Å². The zero-order valence-corrected chi connectivity index (χ0v) is 8.16. The molecule has 0 unspecified atom stereocenters. The van der Waals surface area contributed by atoms with Gasteiger partial charge in [0.1, 0.15) is 11.4 Å². The highest BCUT2D eigenvalue weighted by Gasteiger charge is 2.44. The highest BCUT2D eigenvalue weighted by molar-refractivity contribution is 5.32. The van der Waals surface area contributed by atoms with Crippen molar-refractivity contribution in [3.8, 4) is 5.75 Å². The monoisotopic (exact) mass is 195 g/mol. The van der Waals surface area contributed by atoms with Crippen LogP contribution in [-0.4, -0.2) is 13.2 Å². The Balaban J connectivity index is 2.17. The predicted molar refractivity (Wildman–Crippen MR) is 53.0 cm³/mol. The Morgan fingerprint density at radius 1 is 1.36 bits per heavy atom. The lowest BCUT2D eigenvalue weighted by Gasteiger charge is -2.39. The number of halogens is 1. The predicted octanol–water partition coefficient (Wildman–Crippen LogP) is 1.98. The Labute approximate surface area is 82.9 Å². The molecule has 0 radical (unpaired) electrons. The van der Waals surface area contributed by atoms with Gasteiger partial charge in [-0.15, -0.1) is 0 Å². The Kier molecular flexibility index (Phi) is 2.19. The van der Waals surface area contributed by atoms with Crippen molar-refractivity contribution in [3.05, 3.63) is 29.8 Å². The number of rotatable bonds is 2. The highest BCUT2D eigenvalue weighted by atomic mass is 19.1. The Morgan fingerprint density at radius 3 is 2.36 bits per heavy atom. The number of benzene rings is 1. The average Bonchev–Trinajstić information content (AvgIpc) is 2.16. The van der Waals surface area contributed by atoms with E-state index in [1.807, 2.05) is 0 Å². The molecule has 1 fully saturated rings. The van der Waals surface area contributed by atoms with Crippen LogP contribution in [-0.2, 0) is 5.67 Å². The molecule has 76 valence electrons. The number of methoxy groups -OCH3 is 1. The number of ether oxygens (including phenoxy) is 1. The SMILES string of the molecule is COc1ccc(C2(F)CC(N)C2)cc1. The summed E-state index contributed by atoms with van der Waals surface area (Å²) in [5.41, 5.74) is 5.09. The smallest absolute Gasteiger partial charge is 0.139 e. The summed E-state index contributed by atoms with van der Waals surface area (Å²) >= 11 is 0. The molecule has 0 aliphatic heterocycles. The van der Waals surface area contributed by atoms with Gasteiger partial charge in [0.05, 0.1) is 7.11 Å². The average molecular weight is 195 g/mol. The lowest BCUT2D eigenvalue weighted by atomic mass is 9.73. The van der Waals surface area contributed by atoms with Crippen LogP contribution >= 0.6 is 0 Å². The van der Waals surface area contributed by atoms with Crippen LogP contribution in [0.5, 0.6) is 5.75 Å². The summed E-state index contributed by atoms with van der Waals surface area (Å²) in [6, 6.07) is 7.11. The van der Waals surface area contributed by atoms with E-state index in [0.29, 0.717) is 18.4 Å². The van der Waals surface area contributed by atoms with E-state index in [1.165, 1.54) is 0 Å². The van der Waals surface area contributed by atoms with Crippen molar-refractivity contribution < 1.29 is 9.13 Å². The van der Waals surface area contributed by atoms with E-state index in [1.54, 1.807) is 31.4 Å². The van der Waals surface area contributed by atoms with Gasteiger partial charge in [0.15, 0.2) is 0 Å². The van der Waals surface area contributed by atoms with Crippen LogP contribution in [0, 0.1) is 0 Å². The molecule has 1 aliphatic carbocycles. The summed E-state index contributed by atoms with van der Waals surface area (Å²) in [7, 11) is 1.60. The van der Waals surface area contributed by atoms with E-state index in [0.717, 1.165) is 5.75 Å². The van der Waals surface area contributed by atoms with Gasteiger partial charge in [0, 0.05) is 18.9 Å². The van der Waals surface area contributed by atoms with Gasteiger partial charge < -0.3 is 10.5 Å². The molecule has 1 aromatic carbocycles. The van der Waals surface area contributed by atoms with Crippen molar-refractivity contribution in [1.29, 1.82) is 0 Å². The molecule has 0 heterocycles. The first kappa shape index (κ1) is 9.46. The van der Waals surface area contributed by atoms with E-state index in [9.17, 15) is 4.39 Å². The molecule has 1 saturated carbocycles. The molecule has 2 rings (SSSR count). The quantitative estimate of drug-likeness (QED) is 0.783. The molecule has 0 atom stereocenters. The summed E-state index contributed by atoms with van der Waals surface area (Å²) in [6.45, 7) is 0. The molecule has 1 aromatic rings. The van der Waals surface area contributed by atoms with Crippen LogP contribution in [0.15, 0.2) is 24.3 Å². The van der Waals surface area contributed by atoms with Gasteiger partial charge in [-0.25, -0.2) is 4.39 Å². The van der Waals surface area contributed by atoms with Crippen molar-refractivity contribution >= 4 is 0 Å². The number of hydrogen-bond acceptors (Lipinski definition) is 2. The van der Waals surface area contributed by atoms with E-state index < -0.39 is 5.67 Å². The minimum atomic E-state index is -1.20. The van der Waals surface area contributed by atoms with Crippen LogP contribution < -0.4 is 10.5 Å². The highest BCUT2D eigenvalue weighted by Crippen LogP contribution is 2.44.